The molecule has 0 aliphatic rings. The van der Waals surface area contributed by atoms with Gasteiger partial charge in [-0.2, -0.15) is 0 Å². The molecule has 0 heterocycles. The van der Waals surface area contributed by atoms with Gasteiger partial charge in [0.1, 0.15) is 0 Å². The first-order valence-corrected chi connectivity index (χ1v) is 28.7. The van der Waals surface area contributed by atoms with Gasteiger partial charge in [-0.05, 0) is 83.5 Å². The molecule has 0 rings (SSSR count). The number of hydrogen-bond donors (Lipinski definition) is 3. The van der Waals surface area contributed by atoms with E-state index in [1.54, 1.807) is 0 Å². The molecule has 0 saturated heterocycles. The Hall–Kier alpha value is -1.92. The van der Waals surface area contributed by atoms with Crippen molar-refractivity contribution in [2.75, 3.05) is 13.2 Å². The number of ether oxygens (including phenoxy) is 1. The minimum atomic E-state index is -0.684. The average molecular weight is 915 g/mol. The zero-order chi connectivity index (χ0) is 47.2. The summed E-state index contributed by atoms with van der Waals surface area (Å²) in [7, 11) is 0. The lowest BCUT2D eigenvalue weighted by Crippen LogP contribution is -2.45. The van der Waals surface area contributed by atoms with E-state index in [-0.39, 0.29) is 18.5 Å². The number of aliphatic hydroxyl groups is 2. The summed E-state index contributed by atoms with van der Waals surface area (Å²) in [6.45, 7) is 4.86. The molecule has 0 aromatic carbocycles. The van der Waals surface area contributed by atoms with Crippen molar-refractivity contribution in [1.82, 2.24) is 5.32 Å². The third kappa shape index (κ3) is 51.3. The van der Waals surface area contributed by atoms with Crippen molar-refractivity contribution in [2.45, 2.75) is 315 Å². The van der Waals surface area contributed by atoms with E-state index < -0.39 is 12.1 Å². The third-order valence-electron chi connectivity index (χ3n) is 13.2. The van der Waals surface area contributed by atoms with E-state index in [4.69, 9.17) is 4.74 Å². The molecule has 0 fully saturated rings. The van der Waals surface area contributed by atoms with Gasteiger partial charge < -0.3 is 20.3 Å². The number of rotatable bonds is 53. The first-order valence-electron chi connectivity index (χ1n) is 28.7. The van der Waals surface area contributed by atoms with Gasteiger partial charge in [-0.15, -0.1) is 0 Å². The quantitative estimate of drug-likeness (QED) is 0.0321. The van der Waals surface area contributed by atoms with E-state index in [1.165, 1.54) is 180 Å². The largest absolute Gasteiger partial charge is 0.466 e. The molecule has 0 bridgehead atoms. The predicted molar refractivity (Wildman–Crippen MR) is 283 cm³/mol. The Morgan fingerprint density at radius 1 is 0.431 bits per heavy atom. The number of carbonyl (C=O) groups excluding carboxylic acids is 2. The van der Waals surface area contributed by atoms with Crippen LogP contribution in [0.25, 0.3) is 0 Å². The predicted octanol–water partition coefficient (Wildman–Crippen LogP) is 17.6. The van der Waals surface area contributed by atoms with Gasteiger partial charge in [0.15, 0.2) is 0 Å². The lowest BCUT2D eigenvalue weighted by atomic mass is 10.0. The van der Waals surface area contributed by atoms with Crippen LogP contribution in [0.4, 0.5) is 0 Å². The molecule has 0 aliphatic heterocycles. The number of hydrogen-bond acceptors (Lipinski definition) is 5. The Bertz CT molecular complexity index is 1060. The van der Waals surface area contributed by atoms with Crippen LogP contribution in [-0.2, 0) is 14.3 Å². The number of amides is 1. The minimum Gasteiger partial charge on any atom is -0.466 e. The normalized spacial score (nSPS) is 12.9. The second kappa shape index (κ2) is 54.7. The van der Waals surface area contributed by atoms with E-state index in [0.29, 0.717) is 25.9 Å². The molecule has 0 aromatic heterocycles. The lowest BCUT2D eigenvalue weighted by Gasteiger charge is -2.22. The average Bonchev–Trinajstić information content (AvgIpc) is 3.31. The van der Waals surface area contributed by atoms with Crippen LogP contribution < -0.4 is 5.32 Å². The van der Waals surface area contributed by atoms with Gasteiger partial charge in [0.2, 0.25) is 5.91 Å². The molecule has 3 N–H and O–H groups in total. The fourth-order valence-corrected chi connectivity index (χ4v) is 8.72. The summed E-state index contributed by atoms with van der Waals surface area (Å²) in [4.78, 5) is 24.6. The molecule has 0 aliphatic carbocycles. The number of unbranched alkanes of at least 4 members (excludes halogenated alkanes) is 36. The molecular weight excluding hydrogens is 803 g/mol. The van der Waals surface area contributed by atoms with Crippen molar-refractivity contribution in [2.24, 2.45) is 0 Å². The van der Waals surface area contributed by atoms with Crippen molar-refractivity contribution in [3.63, 3.8) is 0 Å². The van der Waals surface area contributed by atoms with Crippen molar-refractivity contribution in [3.05, 3.63) is 36.5 Å². The molecule has 0 radical (unpaired) electrons. The summed E-state index contributed by atoms with van der Waals surface area (Å²) in [6.07, 6.45) is 67.0. The Morgan fingerprint density at radius 2 is 0.769 bits per heavy atom. The van der Waals surface area contributed by atoms with Crippen LogP contribution >= 0.6 is 0 Å². The molecule has 6 nitrogen and oxygen atoms in total. The van der Waals surface area contributed by atoms with E-state index in [0.717, 1.165) is 89.9 Å². The van der Waals surface area contributed by atoms with Crippen LogP contribution in [0.1, 0.15) is 303 Å². The molecule has 1 amide bonds. The molecule has 6 heteroatoms. The van der Waals surface area contributed by atoms with Gasteiger partial charge in [-0.3, -0.25) is 9.59 Å². The second-order valence-electron chi connectivity index (χ2n) is 19.6. The molecule has 2 atom stereocenters. The van der Waals surface area contributed by atoms with Crippen molar-refractivity contribution in [3.8, 4) is 0 Å². The highest BCUT2D eigenvalue weighted by molar-refractivity contribution is 5.76. The summed E-state index contributed by atoms with van der Waals surface area (Å²) in [5.74, 6) is -0.0976. The highest BCUT2D eigenvalue weighted by Crippen LogP contribution is 2.17. The summed E-state index contributed by atoms with van der Waals surface area (Å²) in [5.41, 5.74) is 0. The van der Waals surface area contributed by atoms with Gasteiger partial charge in [-0.1, -0.05) is 243 Å². The van der Waals surface area contributed by atoms with E-state index >= 15 is 0 Å². The highest BCUT2D eigenvalue weighted by atomic mass is 16.5. The van der Waals surface area contributed by atoms with Crippen LogP contribution in [0, 0.1) is 0 Å². The van der Waals surface area contributed by atoms with Crippen LogP contribution in [0.5, 0.6) is 0 Å². The molecule has 2 unspecified atom stereocenters. The maximum atomic E-state index is 12.5. The number of esters is 1. The second-order valence-corrected chi connectivity index (χ2v) is 19.6. The molecular formula is C59H111NO5. The Balaban J connectivity index is 3.50. The molecule has 65 heavy (non-hydrogen) atoms. The molecule has 382 valence electrons. The van der Waals surface area contributed by atoms with Gasteiger partial charge >= 0.3 is 5.97 Å². The lowest BCUT2D eigenvalue weighted by molar-refractivity contribution is -0.143. The Kier molecular flexibility index (Phi) is 53.1. The number of carbonyl (C=O) groups is 2. The van der Waals surface area contributed by atoms with Gasteiger partial charge in [0.25, 0.3) is 0 Å². The third-order valence-corrected chi connectivity index (χ3v) is 13.2. The highest BCUT2D eigenvalue weighted by Gasteiger charge is 2.20. The zero-order valence-corrected chi connectivity index (χ0v) is 43.5. The summed E-state index contributed by atoms with van der Waals surface area (Å²) < 4.78 is 5.45. The first-order chi connectivity index (χ1) is 32.0. The Labute approximate surface area is 404 Å². The first kappa shape index (κ1) is 63.1. The number of nitrogens with one attached hydrogen (secondary N) is 1. The monoisotopic (exact) mass is 914 g/mol. The van der Waals surface area contributed by atoms with Crippen molar-refractivity contribution in [1.29, 1.82) is 0 Å². The maximum absolute atomic E-state index is 12.5. The van der Waals surface area contributed by atoms with Gasteiger partial charge in [0, 0.05) is 12.8 Å². The minimum absolute atomic E-state index is 0.0347. The standard InChI is InChI=1S/C59H111NO5/c1-3-5-7-9-11-13-15-17-19-21-23-25-27-29-33-37-41-45-49-53-59(64)65-54-50-46-42-38-34-30-32-36-40-44-48-52-58(63)60-56(55-61)57(62)51-47-43-39-35-31-28-26-24-22-20-18-16-14-12-10-8-6-4-2/h11,13,17,19,34,38,56-57,61-62H,3-10,12,14-16,18,20-33,35-37,39-55H2,1-2H3,(H,60,63)/b13-11-,19-17-,38-34-. The topological polar surface area (TPSA) is 95.9 Å². The zero-order valence-electron chi connectivity index (χ0n) is 43.5. The molecule has 0 aromatic rings. The molecule has 0 spiro atoms. The fourth-order valence-electron chi connectivity index (χ4n) is 8.72. The van der Waals surface area contributed by atoms with E-state index in [2.05, 4.69) is 55.6 Å². The maximum Gasteiger partial charge on any atom is 0.305 e. The van der Waals surface area contributed by atoms with Crippen LogP contribution in [0.3, 0.4) is 0 Å². The number of aliphatic hydroxyl groups excluding tert-OH is 2. The van der Waals surface area contributed by atoms with Crippen LogP contribution in [0.2, 0.25) is 0 Å². The van der Waals surface area contributed by atoms with E-state index in [9.17, 15) is 19.8 Å². The summed E-state index contributed by atoms with van der Waals surface area (Å²) in [5, 5.41) is 23.3. The van der Waals surface area contributed by atoms with Gasteiger partial charge in [-0.25, -0.2) is 0 Å². The van der Waals surface area contributed by atoms with Crippen molar-refractivity contribution >= 4 is 11.9 Å². The smallest absolute Gasteiger partial charge is 0.305 e. The van der Waals surface area contributed by atoms with Crippen molar-refractivity contribution < 1.29 is 24.5 Å². The fraction of sp³-hybridized carbons (Fsp3) is 0.864. The SMILES string of the molecule is CCCCC/C=C\C/C=C\CCCCCCCCCCCC(=O)OCCCC/C=C\CCCCCCCC(=O)NC(CO)C(O)CCCCCCCCCCCCCCCCCCCC. The molecule has 0 saturated carbocycles. The Morgan fingerprint density at radius 3 is 1.22 bits per heavy atom. The van der Waals surface area contributed by atoms with E-state index in [1.807, 2.05) is 0 Å². The number of allylic oxidation sites excluding steroid dienone is 6. The summed E-state index contributed by atoms with van der Waals surface area (Å²) in [6, 6.07) is -0.564. The van der Waals surface area contributed by atoms with Crippen LogP contribution in [0.15, 0.2) is 36.5 Å². The summed E-state index contributed by atoms with van der Waals surface area (Å²) >= 11 is 0. The van der Waals surface area contributed by atoms with Crippen LogP contribution in [-0.4, -0.2) is 47.4 Å². The van der Waals surface area contributed by atoms with Gasteiger partial charge in [0.05, 0.1) is 25.4 Å².